The third-order valence-electron chi connectivity index (χ3n) is 1.81. The Morgan fingerprint density at radius 2 is 2.29 bits per heavy atom. The van der Waals surface area contributed by atoms with Gasteiger partial charge in [-0.2, -0.15) is 5.10 Å². The first-order chi connectivity index (χ1) is 6.59. The van der Waals surface area contributed by atoms with E-state index in [-0.39, 0.29) is 10.7 Å². The van der Waals surface area contributed by atoms with E-state index in [2.05, 4.69) is 10.2 Å². The SMILES string of the molecule is O=C(O)c1n[nH]c2cc(F)c(Cl)cc12. The maximum absolute atomic E-state index is 12.9. The average molecular weight is 215 g/mol. The molecule has 0 aliphatic carbocycles. The Morgan fingerprint density at radius 3 is 2.93 bits per heavy atom. The second-order valence-corrected chi connectivity index (χ2v) is 3.10. The number of hydrogen-bond donors (Lipinski definition) is 2. The Morgan fingerprint density at radius 1 is 1.57 bits per heavy atom. The molecule has 14 heavy (non-hydrogen) atoms. The van der Waals surface area contributed by atoms with Crippen molar-refractivity contribution in [3.05, 3.63) is 28.7 Å². The highest BCUT2D eigenvalue weighted by molar-refractivity contribution is 6.31. The van der Waals surface area contributed by atoms with Gasteiger partial charge in [0.2, 0.25) is 0 Å². The summed E-state index contributed by atoms with van der Waals surface area (Å²) in [5.41, 5.74) is 0.145. The smallest absolute Gasteiger partial charge is 0.357 e. The van der Waals surface area contributed by atoms with Gasteiger partial charge in [-0.15, -0.1) is 0 Å². The molecule has 2 N–H and O–H groups in total. The lowest BCUT2D eigenvalue weighted by Crippen LogP contribution is -1.96. The molecular weight excluding hydrogens is 211 g/mol. The fourth-order valence-corrected chi connectivity index (χ4v) is 1.34. The molecule has 1 aromatic carbocycles. The van der Waals surface area contributed by atoms with Gasteiger partial charge in [0.15, 0.2) is 5.69 Å². The maximum Gasteiger partial charge on any atom is 0.357 e. The summed E-state index contributed by atoms with van der Waals surface area (Å²) in [6, 6.07) is 2.34. The van der Waals surface area contributed by atoms with Crippen molar-refractivity contribution < 1.29 is 14.3 Å². The van der Waals surface area contributed by atoms with Gasteiger partial charge in [-0.25, -0.2) is 9.18 Å². The third kappa shape index (κ3) is 1.22. The number of nitrogens with zero attached hydrogens (tertiary/aromatic N) is 1. The quantitative estimate of drug-likeness (QED) is 0.764. The minimum absolute atomic E-state index is 0.124. The number of benzene rings is 1. The van der Waals surface area contributed by atoms with Crippen LogP contribution in [0.15, 0.2) is 12.1 Å². The van der Waals surface area contributed by atoms with Crippen molar-refractivity contribution in [2.24, 2.45) is 0 Å². The van der Waals surface area contributed by atoms with E-state index in [1.807, 2.05) is 0 Å². The molecule has 72 valence electrons. The summed E-state index contributed by atoms with van der Waals surface area (Å²) in [7, 11) is 0. The summed E-state index contributed by atoms with van der Waals surface area (Å²) in [6.07, 6.45) is 0. The zero-order valence-corrected chi connectivity index (χ0v) is 7.47. The number of aromatic amines is 1. The average Bonchev–Trinajstić information content (AvgIpc) is 2.48. The van der Waals surface area contributed by atoms with E-state index >= 15 is 0 Å². The molecule has 0 aliphatic rings. The monoisotopic (exact) mass is 214 g/mol. The van der Waals surface area contributed by atoms with Crippen LogP contribution in [0.25, 0.3) is 10.9 Å². The summed E-state index contributed by atoms with van der Waals surface area (Å²) in [5, 5.41) is 14.8. The molecule has 0 spiro atoms. The molecule has 0 unspecified atom stereocenters. The minimum atomic E-state index is -1.18. The Labute approximate surface area is 82.3 Å². The lowest BCUT2D eigenvalue weighted by molar-refractivity contribution is 0.0692. The van der Waals surface area contributed by atoms with Crippen LogP contribution in [0.2, 0.25) is 5.02 Å². The van der Waals surface area contributed by atoms with Gasteiger partial charge < -0.3 is 5.11 Å². The molecule has 0 aliphatic heterocycles. The molecule has 0 atom stereocenters. The summed E-state index contributed by atoms with van der Waals surface area (Å²) >= 11 is 5.51. The molecule has 6 heteroatoms. The molecule has 2 aromatic rings. The van der Waals surface area contributed by atoms with E-state index in [1.54, 1.807) is 0 Å². The Kier molecular flexibility index (Phi) is 1.89. The lowest BCUT2D eigenvalue weighted by atomic mass is 10.2. The van der Waals surface area contributed by atoms with Crippen molar-refractivity contribution in [1.82, 2.24) is 10.2 Å². The summed E-state index contributed by atoms with van der Waals surface area (Å²) < 4.78 is 12.9. The second-order valence-electron chi connectivity index (χ2n) is 2.69. The Bertz CT molecular complexity index is 523. The predicted octanol–water partition coefficient (Wildman–Crippen LogP) is 2.05. The van der Waals surface area contributed by atoms with Crippen molar-refractivity contribution >= 4 is 28.5 Å². The van der Waals surface area contributed by atoms with Gasteiger partial charge in [-0.1, -0.05) is 11.6 Å². The highest BCUT2D eigenvalue weighted by Crippen LogP contribution is 2.23. The van der Waals surface area contributed by atoms with Gasteiger partial charge in [-0.05, 0) is 6.07 Å². The molecule has 0 amide bonds. The molecule has 1 heterocycles. The van der Waals surface area contributed by atoms with E-state index in [1.165, 1.54) is 6.07 Å². The Balaban J connectivity index is 2.80. The van der Waals surface area contributed by atoms with Gasteiger partial charge >= 0.3 is 5.97 Å². The van der Waals surface area contributed by atoms with Crippen LogP contribution in [0.3, 0.4) is 0 Å². The van der Waals surface area contributed by atoms with E-state index in [0.717, 1.165) is 6.07 Å². The fraction of sp³-hybridized carbons (Fsp3) is 0. The van der Waals surface area contributed by atoms with Gasteiger partial charge in [0.25, 0.3) is 0 Å². The van der Waals surface area contributed by atoms with Crippen LogP contribution in [0.5, 0.6) is 0 Å². The molecule has 0 radical (unpaired) electrons. The molecule has 1 aromatic heterocycles. The summed E-state index contributed by atoms with van der Waals surface area (Å²) in [4.78, 5) is 10.7. The van der Waals surface area contributed by atoms with Gasteiger partial charge in [0, 0.05) is 11.5 Å². The van der Waals surface area contributed by atoms with E-state index < -0.39 is 11.8 Å². The number of rotatable bonds is 1. The Hall–Kier alpha value is -1.62. The predicted molar refractivity (Wildman–Crippen MR) is 48.0 cm³/mol. The van der Waals surface area contributed by atoms with Crippen LogP contribution >= 0.6 is 11.6 Å². The zero-order valence-electron chi connectivity index (χ0n) is 6.71. The largest absolute Gasteiger partial charge is 0.476 e. The van der Waals surface area contributed by atoms with Crippen molar-refractivity contribution in [3.8, 4) is 0 Å². The van der Waals surface area contributed by atoms with E-state index in [9.17, 15) is 9.18 Å². The number of nitrogens with one attached hydrogen (secondary N) is 1. The van der Waals surface area contributed by atoms with Crippen LogP contribution < -0.4 is 0 Å². The van der Waals surface area contributed by atoms with Crippen LogP contribution in [0.1, 0.15) is 10.5 Å². The van der Waals surface area contributed by atoms with Crippen LogP contribution in [-0.2, 0) is 0 Å². The van der Waals surface area contributed by atoms with E-state index in [0.29, 0.717) is 10.9 Å². The number of aromatic carboxylic acids is 1. The number of carbonyl (C=O) groups is 1. The highest BCUT2D eigenvalue weighted by Gasteiger charge is 2.14. The summed E-state index contributed by atoms with van der Waals surface area (Å²) in [5.74, 6) is -1.79. The topological polar surface area (TPSA) is 66.0 Å². The molecule has 0 bridgehead atoms. The van der Waals surface area contributed by atoms with Crippen molar-refractivity contribution in [1.29, 1.82) is 0 Å². The normalized spacial score (nSPS) is 10.7. The molecule has 2 rings (SSSR count). The first-order valence-corrected chi connectivity index (χ1v) is 4.04. The maximum atomic E-state index is 12.9. The number of fused-ring (bicyclic) bond motifs is 1. The number of halogens is 2. The minimum Gasteiger partial charge on any atom is -0.476 e. The first-order valence-electron chi connectivity index (χ1n) is 3.66. The molecular formula is C8H4ClFN2O2. The first kappa shape index (κ1) is 8.96. The van der Waals surface area contributed by atoms with Crippen molar-refractivity contribution in [2.75, 3.05) is 0 Å². The molecule has 4 nitrogen and oxygen atoms in total. The molecule has 0 saturated carbocycles. The van der Waals surface area contributed by atoms with Crippen molar-refractivity contribution in [2.45, 2.75) is 0 Å². The van der Waals surface area contributed by atoms with Crippen LogP contribution in [-0.4, -0.2) is 21.3 Å². The molecule has 0 fully saturated rings. The van der Waals surface area contributed by atoms with Crippen molar-refractivity contribution in [3.63, 3.8) is 0 Å². The lowest BCUT2D eigenvalue weighted by Gasteiger charge is -1.94. The van der Waals surface area contributed by atoms with E-state index in [4.69, 9.17) is 16.7 Å². The molecule has 0 saturated heterocycles. The second kappa shape index (κ2) is 2.95. The number of carboxylic acid groups (broad SMARTS) is 1. The number of carboxylic acids is 1. The van der Waals surface area contributed by atoms with Gasteiger partial charge in [0.05, 0.1) is 10.5 Å². The zero-order chi connectivity index (χ0) is 10.3. The van der Waals surface area contributed by atoms with Crippen LogP contribution in [0.4, 0.5) is 4.39 Å². The third-order valence-corrected chi connectivity index (χ3v) is 2.10. The highest BCUT2D eigenvalue weighted by atomic mass is 35.5. The fourth-order valence-electron chi connectivity index (χ4n) is 1.17. The number of H-pyrrole nitrogens is 1. The van der Waals surface area contributed by atoms with Gasteiger partial charge in [-0.3, -0.25) is 5.10 Å². The van der Waals surface area contributed by atoms with Gasteiger partial charge in [0.1, 0.15) is 5.82 Å². The summed E-state index contributed by atoms with van der Waals surface area (Å²) in [6.45, 7) is 0. The standard InChI is InChI=1S/C8H4ClFN2O2/c9-4-1-3-6(2-5(4)10)11-12-7(3)8(13)14/h1-2H,(H,11,12)(H,13,14). The number of aromatic nitrogens is 2. The van der Waals surface area contributed by atoms with Crippen LogP contribution in [0, 0.1) is 5.82 Å². The number of hydrogen-bond acceptors (Lipinski definition) is 2.